The van der Waals surface area contributed by atoms with Gasteiger partial charge in [-0.25, -0.2) is 17.5 Å². The number of aryl methyl sites for hydroxylation is 1. The highest BCUT2D eigenvalue weighted by Gasteiger charge is 2.30. The molecule has 2 aromatic rings. The van der Waals surface area contributed by atoms with E-state index in [0.29, 0.717) is 11.3 Å². The van der Waals surface area contributed by atoms with Gasteiger partial charge in [-0.3, -0.25) is 4.79 Å². The second-order valence-corrected chi connectivity index (χ2v) is 7.86. The zero-order chi connectivity index (χ0) is 18.9. The number of methoxy groups -OCH3 is 1. The summed E-state index contributed by atoms with van der Waals surface area (Å²) in [4.78, 5) is 12.4. The van der Waals surface area contributed by atoms with Crippen molar-refractivity contribution < 1.29 is 22.3 Å². The number of halogens is 1. The third-order valence-electron chi connectivity index (χ3n) is 4.06. The number of rotatable bonds is 6. The average Bonchev–Trinajstić information content (AvgIpc) is 3.40. The van der Waals surface area contributed by atoms with Crippen LogP contribution in [0.25, 0.3) is 0 Å². The molecule has 1 aliphatic rings. The number of benzene rings is 2. The zero-order valence-corrected chi connectivity index (χ0v) is 15.2. The van der Waals surface area contributed by atoms with Crippen molar-refractivity contribution >= 4 is 21.6 Å². The van der Waals surface area contributed by atoms with Gasteiger partial charge in [0.2, 0.25) is 10.0 Å². The van der Waals surface area contributed by atoms with Crippen molar-refractivity contribution in [3.05, 3.63) is 53.3 Å². The molecule has 138 valence electrons. The van der Waals surface area contributed by atoms with Crippen LogP contribution in [0.2, 0.25) is 0 Å². The largest absolute Gasteiger partial charge is 0.495 e. The van der Waals surface area contributed by atoms with E-state index in [9.17, 15) is 17.6 Å². The molecule has 2 aromatic carbocycles. The predicted molar refractivity (Wildman–Crippen MR) is 95.4 cm³/mol. The lowest BCUT2D eigenvalue weighted by molar-refractivity contribution is 0.102. The summed E-state index contributed by atoms with van der Waals surface area (Å²) >= 11 is 0. The van der Waals surface area contributed by atoms with Gasteiger partial charge < -0.3 is 10.1 Å². The highest BCUT2D eigenvalue weighted by atomic mass is 32.2. The first-order chi connectivity index (χ1) is 12.3. The summed E-state index contributed by atoms with van der Waals surface area (Å²) in [7, 11) is -2.44. The summed E-state index contributed by atoms with van der Waals surface area (Å²) in [6.45, 7) is 1.73. The molecule has 2 N–H and O–H groups in total. The molecule has 1 saturated carbocycles. The number of sulfonamides is 1. The number of amides is 1. The summed E-state index contributed by atoms with van der Waals surface area (Å²) in [6, 6.07) is 8.13. The van der Waals surface area contributed by atoms with Crippen LogP contribution in [0.1, 0.15) is 28.8 Å². The van der Waals surface area contributed by atoms with E-state index in [0.717, 1.165) is 12.8 Å². The van der Waals surface area contributed by atoms with E-state index in [1.54, 1.807) is 13.0 Å². The first-order valence-electron chi connectivity index (χ1n) is 8.08. The first-order valence-corrected chi connectivity index (χ1v) is 9.56. The van der Waals surface area contributed by atoms with Crippen LogP contribution in [-0.4, -0.2) is 27.5 Å². The Bertz CT molecular complexity index is 956. The Balaban J connectivity index is 1.91. The molecule has 8 heteroatoms. The summed E-state index contributed by atoms with van der Waals surface area (Å²) in [6.07, 6.45) is 1.58. The Labute approximate surface area is 151 Å². The van der Waals surface area contributed by atoms with Crippen LogP contribution in [0.15, 0.2) is 41.3 Å². The Morgan fingerprint density at radius 2 is 1.92 bits per heavy atom. The van der Waals surface area contributed by atoms with Gasteiger partial charge in [0.15, 0.2) is 0 Å². The van der Waals surface area contributed by atoms with Crippen LogP contribution in [0, 0.1) is 12.7 Å². The Hall–Kier alpha value is -2.45. The predicted octanol–water partition coefficient (Wildman–Crippen LogP) is 2.84. The zero-order valence-electron chi connectivity index (χ0n) is 14.4. The second kappa shape index (κ2) is 7.05. The van der Waals surface area contributed by atoms with Gasteiger partial charge in [-0.1, -0.05) is 6.07 Å². The van der Waals surface area contributed by atoms with Crippen LogP contribution < -0.4 is 14.8 Å². The molecular weight excluding hydrogens is 359 g/mol. The van der Waals surface area contributed by atoms with E-state index < -0.39 is 21.7 Å². The summed E-state index contributed by atoms with van der Waals surface area (Å²) < 4.78 is 46.1. The Morgan fingerprint density at radius 1 is 1.19 bits per heavy atom. The lowest BCUT2D eigenvalue weighted by Gasteiger charge is -2.13. The molecule has 0 radical (unpaired) electrons. The third kappa shape index (κ3) is 4.03. The van der Waals surface area contributed by atoms with Gasteiger partial charge in [-0.05, 0) is 55.7 Å². The maximum atomic E-state index is 13.4. The van der Waals surface area contributed by atoms with Crippen LogP contribution in [0.5, 0.6) is 5.75 Å². The number of carbonyl (C=O) groups excluding carboxylic acids is 1. The highest BCUT2D eigenvalue weighted by molar-refractivity contribution is 7.89. The fraction of sp³-hybridized carbons (Fsp3) is 0.278. The molecule has 1 fully saturated rings. The minimum atomic E-state index is -3.80. The quantitative estimate of drug-likeness (QED) is 0.810. The number of anilines is 1. The van der Waals surface area contributed by atoms with Crippen LogP contribution in [-0.2, 0) is 10.0 Å². The molecule has 0 atom stereocenters. The standard InChI is InChI=1S/C18H19FN2O4S/c1-11-3-5-13(19)10-15(11)20-18(22)12-4-8-16(25-2)17(9-12)26(23,24)21-14-6-7-14/h3-5,8-10,14,21H,6-7H2,1-2H3,(H,20,22). The third-order valence-corrected chi connectivity index (χ3v) is 5.60. The van der Waals surface area contributed by atoms with Crippen molar-refractivity contribution in [1.82, 2.24) is 4.72 Å². The molecule has 6 nitrogen and oxygen atoms in total. The summed E-state index contributed by atoms with van der Waals surface area (Å²) in [5.74, 6) is -0.863. The second-order valence-electron chi connectivity index (χ2n) is 6.17. The van der Waals surface area contributed by atoms with Crippen molar-refractivity contribution in [2.75, 3.05) is 12.4 Å². The Morgan fingerprint density at radius 3 is 2.58 bits per heavy atom. The van der Waals surface area contributed by atoms with Crippen LogP contribution >= 0.6 is 0 Å². The fourth-order valence-corrected chi connectivity index (χ4v) is 3.94. The highest BCUT2D eigenvalue weighted by Crippen LogP contribution is 2.28. The number of hydrogen-bond donors (Lipinski definition) is 2. The van der Waals surface area contributed by atoms with Gasteiger partial charge >= 0.3 is 0 Å². The molecule has 0 spiro atoms. The normalized spacial score (nSPS) is 14.1. The number of hydrogen-bond acceptors (Lipinski definition) is 4. The first kappa shape index (κ1) is 18.3. The molecule has 0 bridgehead atoms. The van der Waals surface area contributed by atoms with Gasteiger partial charge in [0.25, 0.3) is 5.91 Å². The maximum Gasteiger partial charge on any atom is 0.255 e. The molecule has 1 aliphatic carbocycles. The monoisotopic (exact) mass is 378 g/mol. The summed E-state index contributed by atoms with van der Waals surface area (Å²) in [5, 5.41) is 2.60. The van der Waals surface area contributed by atoms with E-state index in [2.05, 4.69) is 10.0 Å². The van der Waals surface area contributed by atoms with Gasteiger partial charge in [-0.15, -0.1) is 0 Å². The van der Waals surface area contributed by atoms with E-state index in [1.165, 1.54) is 37.4 Å². The molecule has 0 unspecified atom stereocenters. The smallest absolute Gasteiger partial charge is 0.255 e. The van der Waals surface area contributed by atoms with Crippen molar-refractivity contribution in [2.45, 2.75) is 30.7 Å². The van der Waals surface area contributed by atoms with E-state index in [-0.39, 0.29) is 22.3 Å². The number of nitrogens with one attached hydrogen (secondary N) is 2. The lowest BCUT2D eigenvalue weighted by atomic mass is 10.1. The number of ether oxygens (including phenoxy) is 1. The molecule has 1 amide bonds. The topological polar surface area (TPSA) is 84.5 Å². The summed E-state index contributed by atoms with van der Waals surface area (Å²) in [5.41, 5.74) is 1.15. The average molecular weight is 378 g/mol. The molecule has 3 rings (SSSR count). The molecular formula is C18H19FN2O4S. The molecule has 26 heavy (non-hydrogen) atoms. The van der Waals surface area contributed by atoms with Crippen LogP contribution in [0.3, 0.4) is 0 Å². The van der Waals surface area contributed by atoms with Crippen molar-refractivity contribution in [2.24, 2.45) is 0 Å². The molecule has 0 saturated heterocycles. The van der Waals surface area contributed by atoms with E-state index >= 15 is 0 Å². The van der Waals surface area contributed by atoms with Gasteiger partial charge in [0, 0.05) is 17.3 Å². The fourth-order valence-electron chi connectivity index (χ4n) is 2.44. The number of carbonyl (C=O) groups is 1. The minimum Gasteiger partial charge on any atom is -0.495 e. The molecule has 0 heterocycles. The minimum absolute atomic E-state index is 0.0721. The van der Waals surface area contributed by atoms with E-state index in [4.69, 9.17) is 4.74 Å². The lowest BCUT2D eigenvalue weighted by Crippen LogP contribution is -2.26. The van der Waals surface area contributed by atoms with Crippen molar-refractivity contribution in [1.29, 1.82) is 0 Å². The van der Waals surface area contributed by atoms with Crippen molar-refractivity contribution in [3.63, 3.8) is 0 Å². The van der Waals surface area contributed by atoms with Gasteiger partial charge in [0.1, 0.15) is 16.5 Å². The SMILES string of the molecule is COc1ccc(C(=O)Nc2cc(F)ccc2C)cc1S(=O)(=O)NC1CC1. The van der Waals surface area contributed by atoms with E-state index in [1.807, 2.05) is 0 Å². The van der Waals surface area contributed by atoms with Crippen molar-refractivity contribution in [3.8, 4) is 5.75 Å². The molecule has 0 aliphatic heterocycles. The Kier molecular flexibility index (Phi) is 4.97. The van der Waals surface area contributed by atoms with Crippen LogP contribution in [0.4, 0.5) is 10.1 Å². The van der Waals surface area contributed by atoms with Gasteiger partial charge in [-0.2, -0.15) is 0 Å². The maximum absolute atomic E-state index is 13.4. The molecule has 0 aromatic heterocycles. The van der Waals surface area contributed by atoms with Gasteiger partial charge in [0.05, 0.1) is 7.11 Å².